The fourth-order valence-corrected chi connectivity index (χ4v) is 5.59. The van der Waals surface area contributed by atoms with Gasteiger partial charge in [-0.2, -0.15) is 14.3 Å². The monoisotopic (exact) mass is 415 g/mol. The summed E-state index contributed by atoms with van der Waals surface area (Å²) >= 11 is 0. The van der Waals surface area contributed by atoms with Crippen LogP contribution in [0.4, 0.5) is 11.8 Å². The molecule has 0 saturated carbocycles. The van der Waals surface area contributed by atoms with Crippen molar-refractivity contribution in [2.75, 3.05) is 18.0 Å². The molecule has 3 aromatic rings. The number of nitrogens with two attached hydrogens (primary N) is 2. The fraction of sp³-hybridized carbons (Fsp3) is 0.421. The maximum atomic E-state index is 13.2. The zero-order valence-electron chi connectivity index (χ0n) is 16.3. The summed E-state index contributed by atoms with van der Waals surface area (Å²) in [6, 6.07) is 7.01. The highest BCUT2D eigenvalue weighted by Gasteiger charge is 2.35. The van der Waals surface area contributed by atoms with Crippen molar-refractivity contribution < 1.29 is 8.42 Å². The number of fused-ring (bicyclic) bond motifs is 1. The van der Waals surface area contributed by atoms with E-state index in [0.717, 1.165) is 31.2 Å². The molecular weight excluding hydrogens is 390 g/mol. The van der Waals surface area contributed by atoms with E-state index in [1.54, 1.807) is 27.3 Å². The van der Waals surface area contributed by atoms with Gasteiger partial charge >= 0.3 is 0 Å². The third-order valence-corrected chi connectivity index (χ3v) is 7.27. The molecule has 0 aliphatic carbocycles. The molecular formula is C19H25N7O2S. The van der Waals surface area contributed by atoms with Gasteiger partial charge in [0, 0.05) is 19.1 Å². The lowest BCUT2D eigenvalue weighted by Gasteiger charge is -2.24. The summed E-state index contributed by atoms with van der Waals surface area (Å²) in [7, 11) is -3.57. The minimum atomic E-state index is -3.57. The predicted molar refractivity (Wildman–Crippen MR) is 111 cm³/mol. The van der Waals surface area contributed by atoms with Crippen LogP contribution in [0.25, 0.3) is 11.2 Å². The molecule has 1 atom stereocenters. The van der Waals surface area contributed by atoms with Crippen molar-refractivity contribution in [3.8, 4) is 0 Å². The maximum absolute atomic E-state index is 13.2. The standard InChI is InChI=1S/C19H25N7O2S/c1-2-4-13-6-8-15(9-7-13)29(27,28)26-10-3-5-14(26)11-25-12-22-16-17(20)23-19(21)24-18(16)25/h6-9,12,14H,2-5,10-11H2,1H3,(H4,20,21,23,24). The second-order valence-electron chi connectivity index (χ2n) is 7.34. The average Bonchev–Trinajstić information content (AvgIpc) is 3.31. The first-order valence-electron chi connectivity index (χ1n) is 9.74. The van der Waals surface area contributed by atoms with E-state index in [2.05, 4.69) is 21.9 Å². The molecule has 1 aromatic carbocycles. The number of benzene rings is 1. The lowest BCUT2D eigenvalue weighted by molar-refractivity contribution is 0.354. The Hall–Kier alpha value is -2.72. The molecule has 29 heavy (non-hydrogen) atoms. The quantitative estimate of drug-likeness (QED) is 0.627. The summed E-state index contributed by atoms with van der Waals surface area (Å²) in [5.41, 5.74) is 13.7. The van der Waals surface area contributed by atoms with E-state index >= 15 is 0 Å². The number of nitrogen functional groups attached to an aromatic ring is 2. The van der Waals surface area contributed by atoms with E-state index in [-0.39, 0.29) is 17.8 Å². The first kappa shape index (κ1) is 19.6. The van der Waals surface area contributed by atoms with Crippen LogP contribution >= 0.6 is 0 Å². The zero-order chi connectivity index (χ0) is 20.6. The number of imidazole rings is 1. The predicted octanol–water partition coefficient (Wildman–Crippen LogP) is 1.80. The number of aryl methyl sites for hydroxylation is 1. The van der Waals surface area contributed by atoms with Crippen molar-refractivity contribution in [3.05, 3.63) is 36.2 Å². The number of nitrogens with zero attached hydrogens (tertiary/aromatic N) is 5. The Kier molecular flexibility index (Phi) is 5.13. The van der Waals surface area contributed by atoms with Gasteiger partial charge in [-0.05, 0) is 37.0 Å². The zero-order valence-corrected chi connectivity index (χ0v) is 17.1. The van der Waals surface area contributed by atoms with Crippen LogP contribution in [0.15, 0.2) is 35.5 Å². The number of anilines is 2. The van der Waals surface area contributed by atoms with Crippen molar-refractivity contribution in [3.63, 3.8) is 0 Å². The molecule has 4 N–H and O–H groups in total. The minimum Gasteiger partial charge on any atom is -0.382 e. The van der Waals surface area contributed by atoms with Gasteiger partial charge < -0.3 is 16.0 Å². The molecule has 2 aromatic heterocycles. The number of hydrogen-bond donors (Lipinski definition) is 2. The average molecular weight is 416 g/mol. The Morgan fingerprint density at radius 1 is 1.17 bits per heavy atom. The van der Waals surface area contributed by atoms with Crippen molar-refractivity contribution in [1.82, 2.24) is 23.8 Å². The van der Waals surface area contributed by atoms with Crippen LogP contribution in [-0.2, 0) is 23.0 Å². The molecule has 1 fully saturated rings. The summed E-state index contributed by atoms with van der Waals surface area (Å²) in [6.07, 6.45) is 5.15. The fourth-order valence-electron chi connectivity index (χ4n) is 3.90. The van der Waals surface area contributed by atoms with Gasteiger partial charge in [-0.1, -0.05) is 25.5 Å². The Morgan fingerprint density at radius 2 is 1.93 bits per heavy atom. The summed E-state index contributed by atoms with van der Waals surface area (Å²) in [4.78, 5) is 12.7. The Morgan fingerprint density at radius 3 is 2.66 bits per heavy atom. The summed E-state index contributed by atoms with van der Waals surface area (Å²) in [5, 5.41) is 0. The first-order valence-corrected chi connectivity index (χ1v) is 11.2. The van der Waals surface area contributed by atoms with Gasteiger partial charge in [0.25, 0.3) is 0 Å². The van der Waals surface area contributed by atoms with Gasteiger partial charge in [0.1, 0.15) is 5.52 Å². The van der Waals surface area contributed by atoms with Crippen LogP contribution in [0, 0.1) is 0 Å². The highest BCUT2D eigenvalue weighted by molar-refractivity contribution is 7.89. The second-order valence-corrected chi connectivity index (χ2v) is 9.23. The first-order chi connectivity index (χ1) is 13.9. The molecule has 0 radical (unpaired) electrons. The van der Waals surface area contributed by atoms with Crippen molar-refractivity contribution >= 4 is 33.0 Å². The normalized spacial score (nSPS) is 17.9. The van der Waals surface area contributed by atoms with Gasteiger partial charge in [-0.25, -0.2) is 13.4 Å². The van der Waals surface area contributed by atoms with Gasteiger partial charge in [-0.3, -0.25) is 0 Å². The van der Waals surface area contributed by atoms with E-state index in [1.807, 2.05) is 12.1 Å². The van der Waals surface area contributed by atoms with Crippen LogP contribution in [-0.4, -0.2) is 44.8 Å². The molecule has 0 amide bonds. The lowest BCUT2D eigenvalue weighted by Crippen LogP contribution is -2.38. The van der Waals surface area contributed by atoms with Crippen LogP contribution in [0.1, 0.15) is 31.7 Å². The Bertz CT molecular complexity index is 1130. The summed E-state index contributed by atoms with van der Waals surface area (Å²) < 4.78 is 29.9. The molecule has 1 saturated heterocycles. The molecule has 1 aliphatic heterocycles. The van der Waals surface area contributed by atoms with E-state index in [4.69, 9.17) is 11.5 Å². The van der Waals surface area contributed by atoms with Crippen molar-refractivity contribution in [1.29, 1.82) is 0 Å². The molecule has 4 rings (SSSR count). The second kappa shape index (κ2) is 7.60. The molecule has 10 heteroatoms. The lowest BCUT2D eigenvalue weighted by atomic mass is 10.1. The van der Waals surface area contributed by atoms with Crippen molar-refractivity contribution in [2.24, 2.45) is 0 Å². The summed E-state index contributed by atoms with van der Waals surface area (Å²) in [5.74, 6) is 0.286. The number of rotatable bonds is 6. The van der Waals surface area contributed by atoms with E-state index < -0.39 is 10.0 Å². The summed E-state index contributed by atoms with van der Waals surface area (Å²) in [6.45, 7) is 3.03. The third kappa shape index (κ3) is 3.65. The van der Waals surface area contributed by atoms with Crippen molar-refractivity contribution in [2.45, 2.75) is 50.1 Å². The molecule has 1 unspecified atom stereocenters. The van der Waals surface area contributed by atoms with Gasteiger partial charge in [0.05, 0.1) is 11.2 Å². The molecule has 154 valence electrons. The molecule has 9 nitrogen and oxygen atoms in total. The van der Waals surface area contributed by atoms with E-state index in [0.29, 0.717) is 29.1 Å². The van der Waals surface area contributed by atoms with Crippen LogP contribution in [0.3, 0.4) is 0 Å². The third-order valence-electron chi connectivity index (χ3n) is 5.31. The highest BCUT2D eigenvalue weighted by atomic mass is 32.2. The van der Waals surface area contributed by atoms with Crippen LogP contribution in [0.2, 0.25) is 0 Å². The molecule has 0 bridgehead atoms. The van der Waals surface area contributed by atoms with Gasteiger partial charge in [-0.15, -0.1) is 0 Å². The topological polar surface area (TPSA) is 133 Å². The van der Waals surface area contributed by atoms with E-state index in [1.165, 1.54) is 0 Å². The number of hydrogen-bond acceptors (Lipinski definition) is 7. The van der Waals surface area contributed by atoms with Crippen LogP contribution in [0.5, 0.6) is 0 Å². The highest BCUT2D eigenvalue weighted by Crippen LogP contribution is 2.28. The largest absolute Gasteiger partial charge is 0.382 e. The number of sulfonamides is 1. The molecule has 3 heterocycles. The van der Waals surface area contributed by atoms with Gasteiger partial charge in [0.15, 0.2) is 11.5 Å². The SMILES string of the molecule is CCCc1ccc(S(=O)(=O)N2CCCC2Cn2cnc3c(N)nc(N)nc32)cc1. The minimum absolute atomic E-state index is 0.0693. The van der Waals surface area contributed by atoms with Gasteiger partial charge in [0.2, 0.25) is 16.0 Å². The Labute approximate surface area is 169 Å². The molecule has 0 spiro atoms. The Balaban J connectivity index is 1.61. The maximum Gasteiger partial charge on any atom is 0.243 e. The smallest absolute Gasteiger partial charge is 0.243 e. The van der Waals surface area contributed by atoms with Crippen LogP contribution < -0.4 is 11.5 Å². The molecule has 1 aliphatic rings. The van der Waals surface area contributed by atoms with E-state index in [9.17, 15) is 8.42 Å². The number of aromatic nitrogens is 4.